The van der Waals surface area contributed by atoms with Gasteiger partial charge >= 0.3 is 5.97 Å². The van der Waals surface area contributed by atoms with Gasteiger partial charge in [0.15, 0.2) is 0 Å². The van der Waals surface area contributed by atoms with Gasteiger partial charge in [0, 0.05) is 5.69 Å². The third kappa shape index (κ3) is 4.72. The number of nitrogens with one attached hydrogen (secondary N) is 2. The molecule has 152 valence electrons. The predicted molar refractivity (Wildman–Crippen MR) is 106 cm³/mol. The number of aromatic amines is 1. The Bertz CT molecular complexity index is 976. The molecular formula is C19H25N3O5S. The largest absolute Gasteiger partial charge is 0.494 e. The van der Waals surface area contributed by atoms with Crippen LogP contribution in [-0.4, -0.2) is 38.3 Å². The second kappa shape index (κ2) is 8.92. The summed E-state index contributed by atoms with van der Waals surface area (Å²) in [5.74, 6) is 0.160. The number of rotatable bonds is 8. The number of carbonyl (C=O) groups excluding carboxylic acids is 1. The van der Waals surface area contributed by atoms with Crippen molar-refractivity contribution in [2.24, 2.45) is 5.10 Å². The molecule has 2 N–H and O–H groups in total. The molecule has 1 aromatic carbocycles. The van der Waals surface area contributed by atoms with Crippen molar-refractivity contribution in [3.05, 3.63) is 46.8 Å². The second-order valence-corrected chi connectivity index (χ2v) is 7.70. The van der Waals surface area contributed by atoms with Gasteiger partial charge in [-0.1, -0.05) is 0 Å². The van der Waals surface area contributed by atoms with Crippen molar-refractivity contribution in [1.29, 1.82) is 0 Å². The molecule has 0 saturated carbocycles. The van der Waals surface area contributed by atoms with Crippen LogP contribution in [0.2, 0.25) is 0 Å². The molecule has 0 saturated heterocycles. The zero-order valence-electron chi connectivity index (χ0n) is 16.6. The topological polar surface area (TPSA) is 110 Å². The van der Waals surface area contributed by atoms with Crippen LogP contribution in [0.5, 0.6) is 5.75 Å². The van der Waals surface area contributed by atoms with Gasteiger partial charge in [-0.05, 0) is 64.4 Å². The molecule has 0 radical (unpaired) electrons. The van der Waals surface area contributed by atoms with Crippen LogP contribution in [0.15, 0.2) is 34.3 Å². The summed E-state index contributed by atoms with van der Waals surface area (Å²) in [5, 5.41) is 3.99. The van der Waals surface area contributed by atoms with Crippen molar-refractivity contribution in [3.8, 4) is 5.75 Å². The molecule has 0 aliphatic rings. The Balaban J connectivity index is 2.24. The summed E-state index contributed by atoms with van der Waals surface area (Å²) in [7, 11) is -3.83. The van der Waals surface area contributed by atoms with E-state index in [0.717, 1.165) is 0 Å². The molecule has 0 aliphatic heterocycles. The van der Waals surface area contributed by atoms with Crippen LogP contribution in [0.1, 0.15) is 48.1 Å². The number of esters is 1. The highest BCUT2D eigenvalue weighted by Crippen LogP contribution is 2.20. The van der Waals surface area contributed by atoms with Crippen LogP contribution >= 0.6 is 0 Å². The fraction of sp³-hybridized carbons (Fsp3) is 0.368. The molecule has 0 spiro atoms. The van der Waals surface area contributed by atoms with Crippen LogP contribution in [0.4, 0.5) is 0 Å². The highest BCUT2D eigenvalue weighted by molar-refractivity contribution is 7.89. The van der Waals surface area contributed by atoms with E-state index < -0.39 is 16.0 Å². The average Bonchev–Trinajstić information content (AvgIpc) is 2.95. The molecule has 0 fully saturated rings. The number of benzene rings is 1. The van der Waals surface area contributed by atoms with Gasteiger partial charge in [-0.3, -0.25) is 0 Å². The summed E-state index contributed by atoms with van der Waals surface area (Å²) in [6.45, 7) is 9.50. The fourth-order valence-electron chi connectivity index (χ4n) is 2.74. The quantitative estimate of drug-likeness (QED) is 0.397. The Hall–Kier alpha value is -2.81. The number of hydrogen-bond donors (Lipinski definition) is 2. The minimum absolute atomic E-state index is 0.0686. The summed E-state index contributed by atoms with van der Waals surface area (Å²) in [6.07, 6.45) is 0. The van der Waals surface area contributed by atoms with Crippen LogP contribution in [-0.2, 0) is 14.8 Å². The molecule has 2 aromatic rings. The molecule has 0 amide bonds. The van der Waals surface area contributed by atoms with E-state index in [9.17, 15) is 13.2 Å². The highest BCUT2D eigenvalue weighted by Gasteiger charge is 2.21. The van der Waals surface area contributed by atoms with Crippen molar-refractivity contribution < 1.29 is 22.7 Å². The first-order valence-corrected chi connectivity index (χ1v) is 10.3. The summed E-state index contributed by atoms with van der Waals surface area (Å²) in [5.41, 5.74) is 2.67. The number of sulfonamides is 1. The minimum Gasteiger partial charge on any atom is -0.494 e. The summed E-state index contributed by atoms with van der Waals surface area (Å²) >= 11 is 0. The number of nitrogens with zero attached hydrogens (tertiary/aromatic N) is 1. The number of hydrazone groups is 1. The lowest BCUT2D eigenvalue weighted by Crippen LogP contribution is -2.20. The van der Waals surface area contributed by atoms with Crippen molar-refractivity contribution >= 4 is 21.7 Å². The van der Waals surface area contributed by atoms with E-state index in [4.69, 9.17) is 9.47 Å². The highest BCUT2D eigenvalue weighted by atomic mass is 32.2. The molecule has 8 nitrogen and oxygen atoms in total. The van der Waals surface area contributed by atoms with E-state index in [-0.39, 0.29) is 11.5 Å². The van der Waals surface area contributed by atoms with Crippen molar-refractivity contribution in [1.82, 2.24) is 9.82 Å². The van der Waals surface area contributed by atoms with E-state index in [1.54, 1.807) is 39.8 Å². The maximum atomic E-state index is 12.4. The van der Waals surface area contributed by atoms with Gasteiger partial charge in [-0.2, -0.15) is 18.4 Å². The van der Waals surface area contributed by atoms with E-state index in [0.29, 0.717) is 40.6 Å². The van der Waals surface area contributed by atoms with E-state index in [1.165, 1.54) is 12.1 Å². The maximum Gasteiger partial charge on any atom is 0.340 e. The van der Waals surface area contributed by atoms with Gasteiger partial charge in [0.1, 0.15) is 5.75 Å². The Labute approximate surface area is 165 Å². The van der Waals surface area contributed by atoms with E-state index >= 15 is 0 Å². The monoisotopic (exact) mass is 407 g/mol. The van der Waals surface area contributed by atoms with Crippen LogP contribution in [0.25, 0.3) is 0 Å². The molecular weight excluding hydrogens is 382 g/mol. The normalized spacial score (nSPS) is 12.0. The molecule has 1 heterocycles. The Kier molecular flexibility index (Phi) is 6.85. The average molecular weight is 407 g/mol. The number of hydrogen-bond acceptors (Lipinski definition) is 6. The minimum atomic E-state index is -3.83. The van der Waals surface area contributed by atoms with E-state index in [1.807, 2.05) is 6.92 Å². The predicted octanol–water partition coefficient (Wildman–Crippen LogP) is 2.91. The number of aromatic nitrogens is 1. The van der Waals surface area contributed by atoms with Gasteiger partial charge < -0.3 is 14.5 Å². The number of aryl methyl sites for hydroxylation is 1. The lowest BCUT2D eigenvalue weighted by Gasteiger charge is -2.07. The van der Waals surface area contributed by atoms with Gasteiger partial charge in [0.2, 0.25) is 0 Å². The van der Waals surface area contributed by atoms with Gasteiger partial charge in [-0.25, -0.2) is 4.79 Å². The van der Waals surface area contributed by atoms with Crippen LogP contribution in [0, 0.1) is 13.8 Å². The van der Waals surface area contributed by atoms with Crippen molar-refractivity contribution in [2.75, 3.05) is 13.2 Å². The molecule has 1 aromatic heterocycles. The van der Waals surface area contributed by atoms with Crippen LogP contribution < -0.4 is 9.57 Å². The Morgan fingerprint density at radius 2 is 1.79 bits per heavy atom. The standard InChI is InChI=1S/C19H25N3O5S/c1-6-26-15-8-10-16(11-9-15)28(24,25)22-21-14(5)18-12(3)17(13(4)20-18)19(23)27-7-2/h8-11,20,22H,6-7H2,1-5H3. The summed E-state index contributed by atoms with van der Waals surface area (Å²) < 4.78 is 35.3. The van der Waals surface area contributed by atoms with Crippen molar-refractivity contribution in [2.45, 2.75) is 39.5 Å². The van der Waals surface area contributed by atoms with E-state index in [2.05, 4.69) is 14.9 Å². The molecule has 2 rings (SSSR count). The van der Waals surface area contributed by atoms with Crippen LogP contribution in [0.3, 0.4) is 0 Å². The lowest BCUT2D eigenvalue weighted by molar-refractivity contribution is 0.0525. The lowest BCUT2D eigenvalue weighted by atomic mass is 10.1. The fourth-order valence-corrected chi connectivity index (χ4v) is 3.60. The first-order valence-electron chi connectivity index (χ1n) is 8.86. The van der Waals surface area contributed by atoms with Crippen molar-refractivity contribution in [3.63, 3.8) is 0 Å². The SMILES string of the molecule is CCOC(=O)c1c(C)[nH]c(C(C)=NNS(=O)(=O)c2ccc(OCC)cc2)c1C. The zero-order chi connectivity index (χ0) is 20.9. The third-order valence-electron chi connectivity index (χ3n) is 4.06. The molecule has 0 unspecified atom stereocenters. The molecule has 0 aliphatic carbocycles. The number of H-pyrrole nitrogens is 1. The summed E-state index contributed by atoms with van der Waals surface area (Å²) in [6, 6.07) is 6.06. The Morgan fingerprint density at radius 3 is 2.36 bits per heavy atom. The van der Waals surface area contributed by atoms with Gasteiger partial charge in [-0.15, -0.1) is 0 Å². The first kappa shape index (κ1) is 21.5. The second-order valence-electron chi connectivity index (χ2n) is 6.04. The maximum absolute atomic E-state index is 12.4. The number of ether oxygens (including phenoxy) is 2. The molecule has 9 heteroatoms. The first-order chi connectivity index (χ1) is 13.2. The smallest absolute Gasteiger partial charge is 0.340 e. The third-order valence-corrected chi connectivity index (χ3v) is 5.28. The molecule has 28 heavy (non-hydrogen) atoms. The molecule has 0 bridgehead atoms. The van der Waals surface area contributed by atoms with Gasteiger partial charge in [0.05, 0.1) is 35.1 Å². The zero-order valence-corrected chi connectivity index (χ0v) is 17.4. The molecule has 0 atom stereocenters. The number of carbonyl (C=O) groups is 1. The Morgan fingerprint density at radius 1 is 1.14 bits per heavy atom. The van der Waals surface area contributed by atoms with Gasteiger partial charge in [0.25, 0.3) is 10.0 Å². The summed E-state index contributed by atoms with van der Waals surface area (Å²) in [4.78, 5) is 17.4.